The summed E-state index contributed by atoms with van der Waals surface area (Å²) in [6, 6.07) is 5.55. The zero-order valence-corrected chi connectivity index (χ0v) is 19.6. The number of benzene rings is 1. The van der Waals surface area contributed by atoms with Crippen molar-refractivity contribution in [2.75, 3.05) is 27.3 Å². The summed E-state index contributed by atoms with van der Waals surface area (Å²) in [6.07, 6.45) is 1.46. The van der Waals surface area contributed by atoms with Gasteiger partial charge in [0.15, 0.2) is 0 Å². The molecule has 10 nitrogen and oxygen atoms in total. The van der Waals surface area contributed by atoms with Crippen LogP contribution in [-0.2, 0) is 19.1 Å². The maximum absolute atomic E-state index is 13.3. The molecule has 1 aromatic heterocycles. The molecule has 3 amide bonds. The van der Waals surface area contributed by atoms with E-state index in [0.717, 1.165) is 10.9 Å². The van der Waals surface area contributed by atoms with Gasteiger partial charge >= 0.3 is 5.97 Å². The Morgan fingerprint density at radius 3 is 2.71 bits per heavy atom. The smallest absolute Gasteiger partial charge is 0.328 e. The summed E-state index contributed by atoms with van der Waals surface area (Å²) in [6.45, 7) is 2.94. The zero-order valence-electron chi connectivity index (χ0n) is 19.6. The summed E-state index contributed by atoms with van der Waals surface area (Å²) in [5, 5.41) is 6.26. The van der Waals surface area contributed by atoms with Crippen molar-refractivity contribution in [3.8, 4) is 5.75 Å². The number of methoxy groups -OCH3 is 2. The van der Waals surface area contributed by atoms with Crippen LogP contribution in [0.1, 0.15) is 36.7 Å². The highest BCUT2D eigenvalue weighted by Crippen LogP contribution is 2.32. The topological polar surface area (TPSA) is 130 Å². The number of aromatic nitrogens is 1. The Morgan fingerprint density at radius 2 is 2.06 bits per heavy atom. The minimum Gasteiger partial charge on any atom is -0.496 e. The Hall–Kier alpha value is -3.56. The average molecular weight is 471 g/mol. The van der Waals surface area contributed by atoms with Crippen molar-refractivity contribution >= 4 is 34.6 Å². The molecule has 2 fully saturated rings. The van der Waals surface area contributed by atoms with Crippen LogP contribution in [-0.4, -0.2) is 73.0 Å². The maximum atomic E-state index is 13.3. The van der Waals surface area contributed by atoms with E-state index in [1.165, 1.54) is 12.0 Å². The summed E-state index contributed by atoms with van der Waals surface area (Å²) in [5.41, 5.74) is 1.12. The quantitative estimate of drug-likeness (QED) is 0.498. The van der Waals surface area contributed by atoms with Crippen molar-refractivity contribution in [1.29, 1.82) is 0 Å². The van der Waals surface area contributed by atoms with Crippen LogP contribution in [0.15, 0.2) is 24.3 Å². The standard InChI is InChI=1S/C24H30N4O6/c1-4-13-12-28(23(31)17-11-15-16(26-17)6-5-7-19(15)33-2)20(13)22(30)27-18(24(32)34-3)10-14-8-9-25-21(14)29/h5-7,11,13-14,18,20,26H,4,8-10,12H2,1-3H3,(H,25,29)(H,27,30)/t13-,14-,18?,20-/m0/s1. The molecule has 0 bridgehead atoms. The van der Waals surface area contributed by atoms with Gasteiger partial charge in [0.25, 0.3) is 5.91 Å². The molecule has 3 heterocycles. The molecule has 4 rings (SSSR count). The zero-order chi connectivity index (χ0) is 24.4. The third kappa shape index (κ3) is 4.32. The van der Waals surface area contributed by atoms with Crippen molar-refractivity contribution in [3.05, 3.63) is 30.0 Å². The lowest BCUT2D eigenvalue weighted by Crippen LogP contribution is -2.65. The van der Waals surface area contributed by atoms with Gasteiger partial charge < -0.3 is 30.0 Å². The first-order chi connectivity index (χ1) is 16.4. The number of carbonyl (C=O) groups excluding carboxylic acids is 4. The Labute approximate surface area is 197 Å². The Morgan fingerprint density at radius 1 is 1.26 bits per heavy atom. The number of likely N-dealkylation sites (tertiary alicyclic amines) is 1. The normalized spacial score (nSPS) is 22.6. The second kappa shape index (κ2) is 9.74. The number of nitrogens with one attached hydrogen (secondary N) is 3. The molecule has 3 N–H and O–H groups in total. The maximum Gasteiger partial charge on any atom is 0.328 e. The Balaban J connectivity index is 1.51. The number of rotatable bonds is 8. The molecule has 0 aliphatic carbocycles. The van der Waals surface area contributed by atoms with E-state index in [1.54, 1.807) is 13.2 Å². The molecule has 4 atom stereocenters. The van der Waals surface area contributed by atoms with Crippen LogP contribution in [0.25, 0.3) is 10.9 Å². The highest BCUT2D eigenvalue weighted by Gasteiger charge is 2.47. The molecule has 10 heteroatoms. The average Bonchev–Trinajstić information content (AvgIpc) is 3.43. The number of H-pyrrole nitrogens is 1. The molecule has 34 heavy (non-hydrogen) atoms. The van der Waals surface area contributed by atoms with E-state index >= 15 is 0 Å². The Bertz CT molecular complexity index is 1110. The minimum atomic E-state index is -0.959. The molecule has 0 saturated carbocycles. The molecule has 2 aromatic rings. The van der Waals surface area contributed by atoms with Gasteiger partial charge in [-0.1, -0.05) is 13.0 Å². The predicted octanol–water partition coefficient (Wildman–Crippen LogP) is 1.21. The summed E-state index contributed by atoms with van der Waals surface area (Å²) >= 11 is 0. The minimum absolute atomic E-state index is 0.0315. The van der Waals surface area contributed by atoms with E-state index in [-0.39, 0.29) is 30.1 Å². The third-order valence-electron chi connectivity index (χ3n) is 6.83. The van der Waals surface area contributed by atoms with Crippen LogP contribution in [0, 0.1) is 11.8 Å². The number of esters is 1. The number of hydrogen-bond donors (Lipinski definition) is 3. The number of hydrogen-bond acceptors (Lipinski definition) is 6. The van der Waals surface area contributed by atoms with Crippen molar-refractivity contribution in [1.82, 2.24) is 20.5 Å². The van der Waals surface area contributed by atoms with Gasteiger partial charge in [0, 0.05) is 35.8 Å². The van der Waals surface area contributed by atoms with Gasteiger partial charge in [-0.2, -0.15) is 0 Å². The largest absolute Gasteiger partial charge is 0.496 e. The van der Waals surface area contributed by atoms with Gasteiger partial charge in [0.2, 0.25) is 11.8 Å². The van der Waals surface area contributed by atoms with Crippen LogP contribution in [0.4, 0.5) is 0 Å². The van der Waals surface area contributed by atoms with Crippen LogP contribution in [0.5, 0.6) is 5.75 Å². The molecule has 0 radical (unpaired) electrons. The van der Waals surface area contributed by atoms with E-state index < -0.39 is 24.0 Å². The van der Waals surface area contributed by atoms with Gasteiger partial charge in [-0.15, -0.1) is 0 Å². The summed E-state index contributed by atoms with van der Waals surface area (Å²) in [4.78, 5) is 55.5. The van der Waals surface area contributed by atoms with Gasteiger partial charge in [-0.3, -0.25) is 14.4 Å². The SMILES string of the molecule is CC[C@H]1CN(C(=O)c2cc3c(OC)cccc3[nH]2)[C@@H]1C(=O)NC(C[C@@H]1CCNC1=O)C(=O)OC. The van der Waals surface area contributed by atoms with Gasteiger partial charge in [-0.05, 0) is 37.5 Å². The fourth-order valence-electron chi connectivity index (χ4n) is 4.84. The monoisotopic (exact) mass is 470 g/mol. The van der Waals surface area contributed by atoms with Crippen molar-refractivity contribution in [3.63, 3.8) is 0 Å². The molecule has 1 aromatic carbocycles. The number of nitrogens with zero attached hydrogens (tertiary/aromatic N) is 1. The summed E-state index contributed by atoms with van der Waals surface area (Å²) in [5.74, 6) is -1.22. The van der Waals surface area contributed by atoms with Crippen molar-refractivity contribution < 1.29 is 28.7 Å². The lowest BCUT2D eigenvalue weighted by molar-refractivity contribution is -0.148. The van der Waals surface area contributed by atoms with E-state index in [9.17, 15) is 19.2 Å². The number of fused-ring (bicyclic) bond motifs is 1. The van der Waals surface area contributed by atoms with E-state index in [0.29, 0.717) is 37.4 Å². The Kier molecular flexibility index (Phi) is 6.76. The van der Waals surface area contributed by atoms with Crippen molar-refractivity contribution in [2.45, 2.75) is 38.3 Å². The number of ether oxygens (including phenoxy) is 2. The van der Waals surface area contributed by atoms with Crippen LogP contribution in [0.3, 0.4) is 0 Å². The van der Waals surface area contributed by atoms with Crippen molar-refractivity contribution in [2.24, 2.45) is 11.8 Å². The highest BCUT2D eigenvalue weighted by atomic mass is 16.5. The second-order valence-corrected chi connectivity index (χ2v) is 8.77. The van der Waals surface area contributed by atoms with Crippen LogP contribution >= 0.6 is 0 Å². The van der Waals surface area contributed by atoms with Gasteiger partial charge in [-0.25, -0.2) is 4.79 Å². The summed E-state index contributed by atoms with van der Waals surface area (Å²) < 4.78 is 10.2. The molecular weight excluding hydrogens is 440 g/mol. The fraction of sp³-hybridized carbons (Fsp3) is 0.500. The number of carbonyl (C=O) groups is 4. The van der Waals surface area contributed by atoms with E-state index in [1.807, 2.05) is 25.1 Å². The molecular formula is C24H30N4O6. The fourth-order valence-corrected chi connectivity index (χ4v) is 4.84. The second-order valence-electron chi connectivity index (χ2n) is 8.77. The van der Waals surface area contributed by atoms with Crippen LogP contribution < -0.4 is 15.4 Å². The first-order valence-electron chi connectivity index (χ1n) is 11.5. The van der Waals surface area contributed by atoms with Gasteiger partial charge in [0.1, 0.15) is 23.5 Å². The first kappa shape index (κ1) is 23.6. The predicted molar refractivity (Wildman–Crippen MR) is 123 cm³/mol. The van der Waals surface area contributed by atoms with E-state index in [2.05, 4.69) is 15.6 Å². The van der Waals surface area contributed by atoms with E-state index in [4.69, 9.17) is 9.47 Å². The molecule has 2 saturated heterocycles. The third-order valence-corrected chi connectivity index (χ3v) is 6.83. The van der Waals surface area contributed by atoms with Gasteiger partial charge in [0.05, 0.1) is 14.2 Å². The molecule has 1 unspecified atom stereocenters. The summed E-state index contributed by atoms with van der Waals surface area (Å²) in [7, 11) is 2.81. The lowest BCUT2D eigenvalue weighted by Gasteiger charge is -2.46. The highest BCUT2D eigenvalue weighted by molar-refractivity contribution is 6.02. The lowest BCUT2D eigenvalue weighted by atomic mass is 9.84. The number of amides is 3. The number of aromatic amines is 1. The molecule has 2 aliphatic rings. The molecule has 0 spiro atoms. The first-order valence-corrected chi connectivity index (χ1v) is 11.5. The van der Waals surface area contributed by atoms with Crippen LogP contribution in [0.2, 0.25) is 0 Å². The molecule has 182 valence electrons. The molecule has 2 aliphatic heterocycles.